The normalized spacial score (nSPS) is 13.2. The van der Waals surface area contributed by atoms with E-state index in [0.29, 0.717) is 18.8 Å². The highest BCUT2D eigenvalue weighted by molar-refractivity contribution is 6.01. The fourth-order valence-corrected chi connectivity index (χ4v) is 2.74. The van der Waals surface area contributed by atoms with Gasteiger partial charge in [-0.1, -0.05) is 48.0 Å². The second-order valence-corrected chi connectivity index (χ2v) is 5.91. The summed E-state index contributed by atoms with van der Waals surface area (Å²) >= 11 is 0. The zero-order valence-electron chi connectivity index (χ0n) is 13.3. The van der Waals surface area contributed by atoms with E-state index in [1.165, 1.54) is 11.1 Å². The molecule has 1 aliphatic heterocycles. The molecule has 0 radical (unpaired) electrons. The van der Waals surface area contributed by atoms with Crippen LogP contribution in [0.15, 0.2) is 53.5 Å². The van der Waals surface area contributed by atoms with Crippen LogP contribution in [0.2, 0.25) is 0 Å². The number of benzene rings is 2. The van der Waals surface area contributed by atoms with Gasteiger partial charge in [0.2, 0.25) is 0 Å². The number of nitrogens with two attached hydrogens (primary N) is 1. The van der Waals surface area contributed by atoms with E-state index in [-0.39, 0.29) is 5.78 Å². The molecule has 0 saturated heterocycles. The molecular weight excluding hydrogens is 284 g/mol. The maximum atomic E-state index is 12.0. The van der Waals surface area contributed by atoms with Crippen LogP contribution in [0.5, 0.6) is 0 Å². The largest absolute Gasteiger partial charge is 0.383 e. The third-order valence-electron chi connectivity index (χ3n) is 4.03. The molecule has 0 bridgehead atoms. The number of hydrogen-bond acceptors (Lipinski definition) is 3. The van der Waals surface area contributed by atoms with Gasteiger partial charge < -0.3 is 5.73 Å². The second kappa shape index (κ2) is 6.61. The van der Waals surface area contributed by atoms with Crippen LogP contribution in [0.25, 0.3) is 6.08 Å². The summed E-state index contributed by atoms with van der Waals surface area (Å²) in [6.07, 6.45) is 4.80. The van der Waals surface area contributed by atoms with Gasteiger partial charge in [-0.05, 0) is 42.2 Å². The van der Waals surface area contributed by atoms with Gasteiger partial charge in [-0.3, -0.25) is 9.79 Å². The Morgan fingerprint density at radius 3 is 2.96 bits per heavy atom. The quantitative estimate of drug-likeness (QED) is 0.860. The molecule has 2 aromatic carbocycles. The number of amidine groups is 1. The highest BCUT2D eigenvalue weighted by Crippen LogP contribution is 2.19. The van der Waals surface area contributed by atoms with Gasteiger partial charge in [-0.15, -0.1) is 0 Å². The lowest BCUT2D eigenvalue weighted by Gasteiger charge is -2.02. The maximum absolute atomic E-state index is 12.0. The van der Waals surface area contributed by atoms with Crippen LogP contribution in [0.3, 0.4) is 0 Å². The number of carbonyl (C=O) groups excluding carboxylic acids is 1. The Bertz CT molecular complexity index is 803. The van der Waals surface area contributed by atoms with Crippen molar-refractivity contribution in [2.24, 2.45) is 10.7 Å². The van der Waals surface area contributed by atoms with Gasteiger partial charge >= 0.3 is 0 Å². The number of allylic oxidation sites excluding steroid dienone is 1. The molecule has 2 aromatic rings. The Hall–Kier alpha value is -2.68. The van der Waals surface area contributed by atoms with Crippen LogP contribution in [0.4, 0.5) is 0 Å². The average molecular weight is 304 g/mol. The average Bonchev–Trinajstić information content (AvgIpc) is 2.92. The highest BCUT2D eigenvalue weighted by Gasteiger charge is 2.12. The number of aryl methyl sites for hydroxylation is 2. The summed E-state index contributed by atoms with van der Waals surface area (Å²) in [5.41, 5.74) is 11.4. The van der Waals surface area contributed by atoms with Crippen LogP contribution >= 0.6 is 0 Å². The molecule has 2 N–H and O–H groups in total. The summed E-state index contributed by atoms with van der Waals surface area (Å²) in [5, 5.41) is 0. The zero-order valence-corrected chi connectivity index (χ0v) is 13.3. The van der Waals surface area contributed by atoms with E-state index in [1.807, 2.05) is 30.3 Å². The number of hydrogen-bond donors (Lipinski definition) is 1. The summed E-state index contributed by atoms with van der Waals surface area (Å²) in [7, 11) is 0. The van der Waals surface area contributed by atoms with Gasteiger partial charge in [0, 0.05) is 12.0 Å². The van der Waals surface area contributed by atoms with E-state index >= 15 is 0 Å². The van der Waals surface area contributed by atoms with E-state index in [9.17, 15) is 4.79 Å². The van der Waals surface area contributed by atoms with Gasteiger partial charge in [-0.2, -0.15) is 0 Å². The zero-order chi connectivity index (χ0) is 16.2. The number of aliphatic imine (C=N–C) groups is 1. The smallest absolute Gasteiger partial charge is 0.156 e. The van der Waals surface area contributed by atoms with Crippen molar-refractivity contribution in [3.8, 4) is 0 Å². The first kappa shape index (κ1) is 15.2. The molecule has 3 rings (SSSR count). The number of fused-ring (bicyclic) bond motifs is 1. The summed E-state index contributed by atoms with van der Waals surface area (Å²) in [6, 6.07) is 14.3. The number of carbonyl (C=O) groups is 1. The van der Waals surface area contributed by atoms with Crippen LogP contribution in [-0.4, -0.2) is 11.6 Å². The van der Waals surface area contributed by atoms with Crippen LogP contribution < -0.4 is 5.73 Å². The predicted octanol–water partition coefficient (Wildman–Crippen LogP) is 3.43. The molecule has 3 nitrogen and oxygen atoms in total. The number of rotatable bonds is 5. The lowest BCUT2D eigenvalue weighted by Crippen LogP contribution is -2.10. The minimum atomic E-state index is 0.133. The molecule has 0 amide bonds. The third kappa shape index (κ3) is 3.75. The van der Waals surface area contributed by atoms with Crippen molar-refractivity contribution in [3.63, 3.8) is 0 Å². The molecule has 3 heteroatoms. The Morgan fingerprint density at radius 1 is 1.26 bits per heavy atom. The Balaban J connectivity index is 1.60. The lowest BCUT2D eigenvalue weighted by atomic mass is 10.0. The topological polar surface area (TPSA) is 55.5 Å². The van der Waals surface area contributed by atoms with Gasteiger partial charge in [0.05, 0.1) is 6.54 Å². The predicted molar refractivity (Wildman–Crippen MR) is 94.4 cm³/mol. The summed E-state index contributed by atoms with van der Waals surface area (Å²) < 4.78 is 0. The van der Waals surface area contributed by atoms with Crippen LogP contribution in [0, 0.1) is 6.92 Å². The molecule has 116 valence electrons. The fraction of sp³-hybridized carbons (Fsp3) is 0.200. The van der Waals surface area contributed by atoms with Gasteiger partial charge in [0.1, 0.15) is 5.84 Å². The SMILES string of the molecule is Cc1cccc(CCC(=O)/C=C/c2ccc3c(c2)C(N)=NC3)c1. The first-order valence-electron chi connectivity index (χ1n) is 7.81. The molecule has 0 fully saturated rings. The van der Waals surface area contributed by atoms with Gasteiger partial charge in [0.15, 0.2) is 5.78 Å². The first-order valence-corrected chi connectivity index (χ1v) is 7.81. The molecule has 0 spiro atoms. The Morgan fingerprint density at radius 2 is 2.13 bits per heavy atom. The molecule has 1 aliphatic rings. The molecule has 1 heterocycles. The van der Waals surface area contributed by atoms with Gasteiger partial charge in [0.25, 0.3) is 0 Å². The van der Waals surface area contributed by atoms with E-state index in [1.54, 1.807) is 6.08 Å². The number of ketones is 1. The van der Waals surface area contributed by atoms with Crippen molar-refractivity contribution in [1.29, 1.82) is 0 Å². The molecule has 0 saturated carbocycles. The standard InChI is InChI=1S/C20H20N2O/c1-14-3-2-4-15(11-14)6-9-18(23)10-7-16-5-8-17-13-22-20(21)19(17)12-16/h2-5,7-8,10-12H,6,9,13H2,1H3,(H2,21,22)/b10-7+. The lowest BCUT2D eigenvalue weighted by molar-refractivity contribution is -0.114. The minimum absolute atomic E-state index is 0.133. The molecular formula is C20H20N2O. The van der Waals surface area contributed by atoms with Crippen molar-refractivity contribution < 1.29 is 4.79 Å². The van der Waals surface area contributed by atoms with Crippen molar-refractivity contribution in [1.82, 2.24) is 0 Å². The molecule has 23 heavy (non-hydrogen) atoms. The minimum Gasteiger partial charge on any atom is -0.383 e. The van der Waals surface area contributed by atoms with E-state index in [2.05, 4.69) is 30.1 Å². The fourth-order valence-electron chi connectivity index (χ4n) is 2.74. The molecule has 0 aliphatic carbocycles. The second-order valence-electron chi connectivity index (χ2n) is 5.91. The maximum Gasteiger partial charge on any atom is 0.156 e. The monoisotopic (exact) mass is 304 g/mol. The summed E-state index contributed by atoms with van der Waals surface area (Å²) in [6.45, 7) is 2.72. The Kier molecular flexibility index (Phi) is 4.38. The van der Waals surface area contributed by atoms with Crippen LogP contribution in [-0.2, 0) is 17.8 Å². The molecule has 0 atom stereocenters. The van der Waals surface area contributed by atoms with E-state index in [0.717, 1.165) is 23.1 Å². The Labute approximate surface area is 136 Å². The number of nitrogens with zero attached hydrogens (tertiary/aromatic N) is 1. The van der Waals surface area contributed by atoms with Crippen molar-refractivity contribution >= 4 is 17.7 Å². The van der Waals surface area contributed by atoms with Crippen molar-refractivity contribution in [3.05, 3.63) is 76.4 Å². The molecule has 0 unspecified atom stereocenters. The summed E-state index contributed by atoms with van der Waals surface area (Å²) in [4.78, 5) is 16.3. The van der Waals surface area contributed by atoms with E-state index in [4.69, 9.17) is 5.73 Å². The summed E-state index contributed by atoms with van der Waals surface area (Å²) in [5.74, 6) is 0.717. The van der Waals surface area contributed by atoms with Crippen molar-refractivity contribution in [2.75, 3.05) is 0 Å². The van der Waals surface area contributed by atoms with Crippen molar-refractivity contribution in [2.45, 2.75) is 26.3 Å². The highest BCUT2D eigenvalue weighted by atomic mass is 16.1. The first-order chi connectivity index (χ1) is 11.1. The van der Waals surface area contributed by atoms with Gasteiger partial charge in [-0.25, -0.2) is 0 Å². The van der Waals surface area contributed by atoms with Crippen LogP contribution in [0.1, 0.15) is 34.2 Å². The molecule has 0 aromatic heterocycles. The van der Waals surface area contributed by atoms with E-state index < -0.39 is 0 Å². The third-order valence-corrected chi connectivity index (χ3v) is 4.03.